The van der Waals surface area contributed by atoms with E-state index in [-0.39, 0.29) is 24.0 Å². The van der Waals surface area contributed by atoms with E-state index in [1.165, 1.54) is 11.3 Å². The number of carbonyl (C=O) groups is 1. The Hall–Kier alpha value is -1.18. The number of fused-ring (bicyclic) bond motifs is 1. The molecule has 0 aliphatic carbocycles. The van der Waals surface area contributed by atoms with Crippen LogP contribution in [0.25, 0.3) is 10.2 Å². The minimum Gasteiger partial charge on any atom is -0.288 e. The number of aryl methyl sites for hydroxylation is 1. The molecule has 1 saturated heterocycles. The third-order valence-corrected chi connectivity index (χ3v) is 5.69. The van der Waals surface area contributed by atoms with Crippen molar-refractivity contribution in [2.24, 2.45) is 5.92 Å². The molecular weight excluding hydrogens is 332 g/mol. The minimum absolute atomic E-state index is 0.101. The van der Waals surface area contributed by atoms with Crippen molar-refractivity contribution in [3.8, 4) is 0 Å². The van der Waals surface area contributed by atoms with Crippen molar-refractivity contribution < 1.29 is 13.2 Å². The van der Waals surface area contributed by atoms with Crippen LogP contribution < -0.4 is 4.90 Å². The van der Waals surface area contributed by atoms with E-state index >= 15 is 0 Å². The molecule has 0 spiro atoms. The zero-order valence-electron chi connectivity index (χ0n) is 11.2. The van der Waals surface area contributed by atoms with Crippen molar-refractivity contribution in [1.82, 2.24) is 4.98 Å². The lowest BCUT2D eigenvalue weighted by atomic mass is 10.1. The number of carbonyl (C=O) groups excluding carboxylic acids is 1. The van der Waals surface area contributed by atoms with Crippen LogP contribution in [0.4, 0.5) is 5.13 Å². The van der Waals surface area contributed by atoms with Gasteiger partial charge in [0.2, 0.25) is 15.0 Å². The average molecular weight is 345 g/mol. The number of benzene rings is 1. The van der Waals surface area contributed by atoms with Gasteiger partial charge in [-0.1, -0.05) is 17.4 Å². The first-order valence-corrected chi connectivity index (χ1v) is 9.71. The summed E-state index contributed by atoms with van der Waals surface area (Å²) in [4.78, 5) is 18.1. The molecule has 8 heteroatoms. The molecule has 1 aliphatic rings. The fraction of sp³-hybridized carbons (Fsp3) is 0.385. The summed E-state index contributed by atoms with van der Waals surface area (Å²) in [7, 11) is 1.68. The highest BCUT2D eigenvalue weighted by molar-refractivity contribution is 8.13. The van der Waals surface area contributed by atoms with E-state index in [0.29, 0.717) is 11.7 Å². The van der Waals surface area contributed by atoms with Crippen LogP contribution in [0.2, 0.25) is 0 Å². The van der Waals surface area contributed by atoms with E-state index in [9.17, 15) is 13.2 Å². The summed E-state index contributed by atoms with van der Waals surface area (Å²) in [6.07, 6.45) is 0.195. The zero-order chi connectivity index (χ0) is 15.2. The third kappa shape index (κ3) is 3.20. The maximum Gasteiger partial charge on any atom is 0.232 e. The normalized spacial score (nSPS) is 19.6. The second-order valence-corrected chi connectivity index (χ2v) is 9.08. The molecule has 112 valence electrons. The van der Waals surface area contributed by atoms with Crippen LogP contribution in [0.1, 0.15) is 12.0 Å². The Labute approximate surface area is 131 Å². The Bertz CT molecular complexity index is 816. The van der Waals surface area contributed by atoms with E-state index in [1.54, 1.807) is 4.90 Å². The van der Waals surface area contributed by atoms with Gasteiger partial charge in [-0.3, -0.25) is 9.69 Å². The number of amides is 1. The summed E-state index contributed by atoms with van der Waals surface area (Å²) >= 11 is 1.44. The first kappa shape index (κ1) is 14.7. The first-order chi connectivity index (χ1) is 9.82. The fourth-order valence-electron chi connectivity index (χ4n) is 2.49. The fourth-order valence-corrected chi connectivity index (χ4v) is 4.91. The number of hydrogen-bond donors (Lipinski definition) is 0. The summed E-state index contributed by atoms with van der Waals surface area (Å²) in [5.41, 5.74) is 1.98. The zero-order valence-corrected chi connectivity index (χ0v) is 13.6. The molecular formula is C13H13ClN2O3S2. The molecule has 1 unspecified atom stereocenters. The maximum absolute atomic E-state index is 12.1. The smallest absolute Gasteiger partial charge is 0.232 e. The van der Waals surface area contributed by atoms with Crippen LogP contribution in [0, 0.1) is 12.8 Å². The number of aromatic nitrogens is 1. The van der Waals surface area contributed by atoms with Gasteiger partial charge in [0.1, 0.15) is 0 Å². The molecule has 21 heavy (non-hydrogen) atoms. The quantitative estimate of drug-likeness (QED) is 0.802. The Kier molecular flexibility index (Phi) is 3.67. The van der Waals surface area contributed by atoms with E-state index in [4.69, 9.17) is 10.7 Å². The van der Waals surface area contributed by atoms with Crippen LogP contribution in [0.5, 0.6) is 0 Å². The summed E-state index contributed by atoms with van der Waals surface area (Å²) in [6, 6.07) is 5.92. The van der Waals surface area contributed by atoms with Crippen LogP contribution in [0.3, 0.4) is 0 Å². The van der Waals surface area contributed by atoms with Gasteiger partial charge in [0.15, 0.2) is 5.13 Å². The van der Waals surface area contributed by atoms with Crippen LogP contribution in [0.15, 0.2) is 18.2 Å². The van der Waals surface area contributed by atoms with Gasteiger partial charge < -0.3 is 0 Å². The number of halogens is 1. The molecule has 0 radical (unpaired) electrons. The van der Waals surface area contributed by atoms with Gasteiger partial charge in [0, 0.05) is 29.6 Å². The van der Waals surface area contributed by atoms with Crippen molar-refractivity contribution in [2.75, 3.05) is 17.2 Å². The lowest BCUT2D eigenvalue weighted by Gasteiger charge is -2.12. The molecule has 2 heterocycles. The molecule has 1 aromatic heterocycles. The highest BCUT2D eigenvalue weighted by Gasteiger charge is 2.34. The van der Waals surface area contributed by atoms with Crippen molar-refractivity contribution in [1.29, 1.82) is 0 Å². The predicted molar refractivity (Wildman–Crippen MR) is 84.5 cm³/mol. The Morgan fingerprint density at radius 3 is 2.95 bits per heavy atom. The van der Waals surface area contributed by atoms with E-state index < -0.39 is 9.05 Å². The van der Waals surface area contributed by atoms with Crippen molar-refractivity contribution >= 4 is 52.3 Å². The van der Waals surface area contributed by atoms with Crippen LogP contribution >= 0.6 is 22.0 Å². The minimum atomic E-state index is -3.59. The molecule has 5 nitrogen and oxygen atoms in total. The standard InChI is InChI=1S/C13H13ClN2O3S2/c1-8-2-3-10-11(4-8)20-13(15-10)16-6-9(5-12(16)17)7-21(14,18)19/h2-4,9H,5-7H2,1H3. The number of anilines is 1. The van der Waals surface area contributed by atoms with Gasteiger partial charge in [-0.25, -0.2) is 13.4 Å². The molecule has 1 aliphatic heterocycles. The lowest BCUT2D eigenvalue weighted by Crippen LogP contribution is -2.25. The number of thiazole rings is 1. The number of rotatable bonds is 3. The molecule has 1 amide bonds. The van der Waals surface area contributed by atoms with Crippen LogP contribution in [-0.2, 0) is 13.8 Å². The van der Waals surface area contributed by atoms with Crippen LogP contribution in [-0.4, -0.2) is 31.6 Å². The molecule has 1 atom stereocenters. The van der Waals surface area contributed by atoms with Gasteiger partial charge >= 0.3 is 0 Å². The summed E-state index contributed by atoms with van der Waals surface area (Å²) < 4.78 is 23.3. The third-order valence-electron chi connectivity index (χ3n) is 3.40. The van der Waals surface area contributed by atoms with Crippen molar-refractivity contribution in [3.63, 3.8) is 0 Å². The lowest BCUT2D eigenvalue weighted by molar-refractivity contribution is -0.117. The SMILES string of the molecule is Cc1ccc2nc(N3CC(CS(=O)(=O)Cl)CC3=O)sc2c1. The molecule has 2 aromatic rings. The Balaban J connectivity index is 1.87. The van der Waals surface area contributed by atoms with E-state index in [1.807, 2.05) is 25.1 Å². The van der Waals surface area contributed by atoms with Gasteiger partial charge in [0.25, 0.3) is 0 Å². The number of nitrogens with zero attached hydrogens (tertiary/aromatic N) is 2. The Morgan fingerprint density at radius 1 is 1.48 bits per heavy atom. The van der Waals surface area contributed by atoms with Crippen molar-refractivity contribution in [2.45, 2.75) is 13.3 Å². The maximum atomic E-state index is 12.1. The average Bonchev–Trinajstić information content (AvgIpc) is 2.89. The largest absolute Gasteiger partial charge is 0.288 e. The molecule has 0 bridgehead atoms. The second-order valence-electron chi connectivity index (χ2n) is 5.25. The second kappa shape index (κ2) is 5.23. The predicted octanol–water partition coefficient (Wildman–Crippen LogP) is 2.53. The summed E-state index contributed by atoms with van der Waals surface area (Å²) in [6.45, 7) is 2.35. The van der Waals surface area contributed by atoms with Gasteiger partial charge in [-0.2, -0.15) is 0 Å². The van der Waals surface area contributed by atoms with Gasteiger partial charge in [0.05, 0.1) is 16.0 Å². The highest BCUT2D eigenvalue weighted by atomic mass is 35.7. The van der Waals surface area contributed by atoms with Gasteiger partial charge in [-0.05, 0) is 24.6 Å². The first-order valence-electron chi connectivity index (χ1n) is 6.42. The molecule has 1 fully saturated rings. The van der Waals surface area contributed by atoms with Crippen molar-refractivity contribution in [3.05, 3.63) is 23.8 Å². The molecule has 0 saturated carbocycles. The molecule has 3 rings (SSSR count). The molecule has 0 N–H and O–H groups in total. The topological polar surface area (TPSA) is 67.3 Å². The van der Waals surface area contributed by atoms with E-state index in [2.05, 4.69) is 4.98 Å². The monoisotopic (exact) mass is 344 g/mol. The highest BCUT2D eigenvalue weighted by Crippen LogP contribution is 2.33. The summed E-state index contributed by atoms with van der Waals surface area (Å²) in [5, 5.41) is 0.620. The van der Waals surface area contributed by atoms with Gasteiger partial charge in [-0.15, -0.1) is 0 Å². The Morgan fingerprint density at radius 2 is 2.24 bits per heavy atom. The van der Waals surface area contributed by atoms with E-state index in [0.717, 1.165) is 15.8 Å². The summed E-state index contributed by atoms with van der Waals surface area (Å²) in [5.74, 6) is -0.550. The number of hydrogen-bond acceptors (Lipinski definition) is 5. The molecule has 1 aromatic carbocycles.